The second-order valence-electron chi connectivity index (χ2n) is 7.77. The van der Waals surface area contributed by atoms with Gasteiger partial charge in [0.05, 0.1) is 18.8 Å². The van der Waals surface area contributed by atoms with Crippen molar-refractivity contribution in [3.63, 3.8) is 0 Å². The number of urea groups is 1. The van der Waals surface area contributed by atoms with Crippen LogP contribution in [0, 0.1) is 0 Å². The number of furan rings is 1. The lowest BCUT2D eigenvalue weighted by Gasteiger charge is -2.41. The summed E-state index contributed by atoms with van der Waals surface area (Å²) in [4.78, 5) is 36.1. The maximum Gasteiger partial charge on any atom is 0.328 e. The highest BCUT2D eigenvalue weighted by molar-refractivity contribution is 6.07. The van der Waals surface area contributed by atoms with Crippen LogP contribution in [0.2, 0.25) is 0 Å². The number of hydrogen-bond donors (Lipinski definition) is 0. The van der Waals surface area contributed by atoms with Gasteiger partial charge in [-0.2, -0.15) is 0 Å². The molecular formula is C22H28N4O3. The summed E-state index contributed by atoms with van der Waals surface area (Å²) in [5, 5.41) is 0. The van der Waals surface area contributed by atoms with Gasteiger partial charge in [-0.25, -0.2) is 4.79 Å². The molecule has 2 aliphatic heterocycles. The minimum atomic E-state index is -0.727. The third-order valence-corrected chi connectivity index (χ3v) is 6.11. The fourth-order valence-corrected chi connectivity index (χ4v) is 4.50. The van der Waals surface area contributed by atoms with E-state index in [2.05, 4.69) is 16.8 Å². The predicted octanol–water partition coefficient (Wildman–Crippen LogP) is 3.06. The van der Waals surface area contributed by atoms with Gasteiger partial charge in [-0.05, 0) is 44.0 Å². The number of likely N-dealkylation sites (N-methyl/N-ethyl adjacent to an activating group) is 1. The lowest BCUT2D eigenvalue weighted by atomic mass is 9.85. The van der Waals surface area contributed by atoms with E-state index in [0.29, 0.717) is 19.4 Å². The van der Waals surface area contributed by atoms with Crippen LogP contribution in [0.4, 0.5) is 4.79 Å². The zero-order valence-corrected chi connectivity index (χ0v) is 17.1. The summed E-state index contributed by atoms with van der Waals surface area (Å²) < 4.78 is 5.83. The number of pyridine rings is 1. The number of piperidine rings is 1. The molecule has 1 spiro atoms. The molecule has 2 aromatic rings. The highest BCUT2D eigenvalue weighted by Crippen LogP contribution is 2.38. The molecule has 0 bridgehead atoms. The van der Waals surface area contributed by atoms with Gasteiger partial charge in [-0.1, -0.05) is 13.0 Å². The maximum atomic E-state index is 13.4. The molecular weight excluding hydrogens is 368 g/mol. The second-order valence-corrected chi connectivity index (χ2v) is 7.77. The molecule has 7 nitrogen and oxygen atoms in total. The molecule has 2 aliphatic rings. The minimum Gasteiger partial charge on any atom is -0.465 e. The molecule has 0 aliphatic carbocycles. The SMILES string of the molecule is CCc1ccc(CN2CCC3(CC2)C(=O)N(Cc2ccccn2)C(=O)N3CC)o1. The number of imide groups is 1. The normalized spacial score (nSPS) is 19.5. The van der Waals surface area contributed by atoms with Gasteiger partial charge in [0, 0.05) is 32.3 Å². The van der Waals surface area contributed by atoms with Gasteiger partial charge in [-0.15, -0.1) is 0 Å². The Labute approximate surface area is 171 Å². The van der Waals surface area contributed by atoms with Crippen LogP contribution < -0.4 is 0 Å². The van der Waals surface area contributed by atoms with Crippen LogP contribution in [0.3, 0.4) is 0 Å². The molecule has 4 rings (SSSR count). The van der Waals surface area contributed by atoms with Crippen molar-refractivity contribution < 1.29 is 14.0 Å². The zero-order valence-electron chi connectivity index (χ0n) is 17.1. The van der Waals surface area contributed by atoms with E-state index in [1.165, 1.54) is 4.90 Å². The van der Waals surface area contributed by atoms with E-state index < -0.39 is 5.54 Å². The highest BCUT2D eigenvalue weighted by atomic mass is 16.3. The van der Waals surface area contributed by atoms with E-state index in [4.69, 9.17) is 4.42 Å². The number of amides is 3. The fraction of sp³-hybridized carbons (Fsp3) is 0.500. The minimum absolute atomic E-state index is 0.0825. The van der Waals surface area contributed by atoms with Crippen molar-refractivity contribution in [3.05, 3.63) is 53.7 Å². The molecule has 0 atom stereocenters. The molecule has 0 radical (unpaired) electrons. The summed E-state index contributed by atoms with van der Waals surface area (Å²) in [6.45, 7) is 7.03. The van der Waals surface area contributed by atoms with Crippen molar-refractivity contribution in [2.24, 2.45) is 0 Å². The number of carbonyl (C=O) groups excluding carboxylic acids is 2. The Balaban J connectivity index is 1.46. The Morgan fingerprint density at radius 3 is 2.41 bits per heavy atom. The lowest BCUT2D eigenvalue weighted by molar-refractivity contribution is -0.136. The lowest BCUT2D eigenvalue weighted by Crippen LogP contribution is -2.56. The van der Waals surface area contributed by atoms with Crippen LogP contribution in [0.5, 0.6) is 0 Å². The van der Waals surface area contributed by atoms with E-state index in [1.807, 2.05) is 37.3 Å². The fourth-order valence-electron chi connectivity index (χ4n) is 4.50. The van der Waals surface area contributed by atoms with Gasteiger partial charge in [0.2, 0.25) is 0 Å². The van der Waals surface area contributed by atoms with Crippen molar-refractivity contribution in [2.75, 3.05) is 19.6 Å². The van der Waals surface area contributed by atoms with Crippen LogP contribution in [0.25, 0.3) is 0 Å². The van der Waals surface area contributed by atoms with Crippen LogP contribution >= 0.6 is 0 Å². The summed E-state index contributed by atoms with van der Waals surface area (Å²) >= 11 is 0. The molecule has 154 valence electrons. The second kappa shape index (κ2) is 7.99. The maximum absolute atomic E-state index is 13.4. The number of rotatable bonds is 6. The standard InChI is InChI=1S/C22H28N4O3/c1-3-18-8-9-19(29-18)16-24-13-10-22(11-14-24)20(27)25(21(28)26(22)4-2)15-17-7-5-6-12-23-17/h5-9,12H,3-4,10-11,13-16H2,1-2H3. The Morgan fingerprint density at radius 1 is 1.03 bits per heavy atom. The van der Waals surface area contributed by atoms with Gasteiger partial charge in [0.15, 0.2) is 0 Å². The van der Waals surface area contributed by atoms with Crippen LogP contribution in [-0.4, -0.2) is 56.8 Å². The molecule has 2 saturated heterocycles. The first-order valence-electron chi connectivity index (χ1n) is 10.4. The summed E-state index contributed by atoms with van der Waals surface area (Å²) in [6.07, 6.45) is 3.86. The smallest absolute Gasteiger partial charge is 0.328 e. The van der Waals surface area contributed by atoms with E-state index in [1.54, 1.807) is 11.1 Å². The molecule has 7 heteroatoms. The van der Waals surface area contributed by atoms with Crippen LogP contribution in [0.1, 0.15) is 43.9 Å². The summed E-state index contributed by atoms with van der Waals surface area (Å²) in [7, 11) is 0. The van der Waals surface area contributed by atoms with Gasteiger partial charge < -0.3 is 9.32 Å². The Hall–Kier alpha value is -2.67. The van der Waals surface area contributed by atoms with Crippen molar-refractivity contribution in [1.29, 1.82) is 0 Å². The summed E-state index contributed by atoms with van der Waals surface area (Å²) in [6, 6.07) is 9.40. The number of aromatic nitrogens is 1. The third kappa shape index (κ3) is 3.55. The number of carbonyl (C=O) groups is 2. The predicted molar refractivity (Wildman–Crippen MR) is 108 cm³/mol. The molecule has 0 N–H and O–H groups in total. The van der Waals surface area contributed by atoms with E-state index >= 15 is 0 Å². The van der Waals surface area contributed by atoms with Crippen LogP contribution in [-0.2, 0) is 24.3 Å². The van der Waals surface area contributed by atoms with Crippen molar-refractivity contribution in [3.8, 4) is 0 Å². The van der Waals surface area contributed by atoms with Gasteiger partial charge in [0.25, 0.3) is 5.91 Å². The molecule has 2 aromatic heterocycles. The Morgan fingerprint density at radius 2 is 1.79 bits per heavy atom. The van der Waals surface area contributed by atoms with Gasteiger partial charge in [0.1, 0.15) is 17.1 Å². The molecule has 0 unspecified atom stereocenters. The largest absolute Gasteiger partial charge is 0.465 e. The highest BCUT2D eigenvalue weighted by Gasteiger charge is 2.57. The Bertz CT molecular complexity index is 871. The van der Waals surface area contributed by atoms with Gasteiger partial charge in [-0.3, -0.25) is 19.6 Å². The molecule has 4 heterocycles. The Kier molecular flexibility index (Phi) is 5.41. The molecule has 3 amide bonds. The van der Waals surface area contributed by atoms with E-state index in [9.17, 15) is 9.59 Å². The van der Waals surface area contributed by atoms with E-state index in [-0.39, 0.29) is 18.5 Å². The summed E-state index contributed by atoms with van der Waals surface area (Å²) in [5.41, 5.74) is -0.00113. The third-order valence-electron chi connectivity index (χ3n) is 6.11. The topological polar surface area (TPSA) is 69.9 Å². The van der Waals surface area contributed by atoms with Crippen molar-refractivity contribution in [1.82, 2.24) is 19.7 Å². The number of nitrogens with zero attached hydrogens (tertiary/aromatic N) is 4. The van der Waals surface area contributed by atoms with E-state index in [0.717, 1.165) is 43.3 Å². The quantitative estimate of drug-likeness (QED) is 0.702. The first kappa shape index (κ1) is 19.6. The van der Waals surface area contributed by atoms with Crippen molar-refractivity contribution >= 4 is 11.9 Å². The first-order valence-corrected chi connectivity index (χ1v) is 10.4. The number of hydrogen-bond acceptors (Lipinski definition) is 5. The number of likely N-dealkylation sites (tertiary alicyclic amines) is 1. The average molecular weight is 396 g/mol. The zero-order chi connectivity index (χ0) is 20.4. The van der Waals surface area contributed by atoms with Crippen LogP contribution in [0.15, 0.2) is 40.9 Å². The van der Waals surface area contributed by atoms with Gasteiger partial charge >= 0.3 is 6.03 Å². The monoisotopic (exact) mass is 396 g/mol. The molecule has 0 aromatic carbocycles. The molecule has 0 saturated carbocycles. The summed E-state index contributed by atoms with van der Waals surface area (Å²) in [5.74, 6) is 1.86. The molecule has 2 fully saturated rings. The van der Waals surface area contributed by atoms with Crippen molar-refractivity contribution in [2.45, 2.75) is 51.7 Å². The molecule has 29 heavy (non-hydrogen) atoms. The first-order chi connectivity index (χ1) is 14.1. The average Bonchev–Trinajstić information content (AvgIpc) is 3.27. The number of aryl methyl sites for hydroxylation is 1.